The van der Waals surface area contributed by atoms with Crippen molar-refractivity contribution in [3.05, 3.63) is 36.0 Å². The lowest BCUT2D eigenvalue weighted by atomic mass is 9.91. The van der Waals surface area contributed by atoms with E-state index in [1.807, 2.05) is 24.3 Å². The summed E-state index contributed by atoms with van der Waals surface area (Å²) < 4.78 is 10.5. The molecule has 6 nitrogen and oxygen atoms in total. The predicted molar refractivity (Wildman–Crippen MR) is 105 cm³/mol. The highest BCUT2D eigenvalue weighted by Crippen LogP contribution is 2.24. The van der Waals surface area contributed by atoms with Crippen LogP contribution in [0.2, 0.25) is 0 Å². The Morgan fingerprint density at radius 2 is 1.96 bits per heavy atom. The van der Waals surface area contributed by atoms with Crippen molar-refractivity contribution in [1.82, 2.24) is 15.4 Å². The molecule has 3 rings (SSSR count). The van der Waals surface area contributed by atoms with Gasteiger partial charge in [0.05, 0.1) is 7.11 Å². The minimum Gasteiger partial charge on any atom is -0.497 e. The Hall–Kier alpha value is -2.34. The third-order valence-corrected chi connectivity index (χ3v) is 5.20. The highest BCUT2D eigenvalue weighted by molar-refractivity contribution is 5.93. The SMILES string of the molecule is COc1ccc(-c2cc(C(=O)NC[C@H](C)N3C[C@@H](C)C[C@H](C)C3)no2)cc1. The molecule has 1 N–H and O–H groups in total. The predicted octanol–water partition coefficient (Wildman–Crippen LogP) is 3.45. The first-order valence-electron chi connectivity index (χ1n) is 9.59. The molecular formula is C21H29N3O3. The van der Waals surface area contributed by atoms with Crippen LogP contribution in [-0.4, -0.2) is 48.7 Å². The second-order valence-corrected chi connectivity index (χ2v) is 7.76. The number of carbonyl (C=O) groups is 1. The average Bonchev–Trinajstić information content (AvgIpc) is 3.15. The van der Waals surface area contributed by atoms with Gasteiger partial charge < -0.3 is 14.6 Å². The Kier molecular flexibility index (Phi) is 6.16. The highest BCUT2D eigenvalue weighted by Gasteiger charge is 2.25. The number of rotatable bonds is 6. The minimum absolute atomic E-state index is 0.205. The maximum absolute atomic E-state index is 12.4. The monoisotopic (exact) mass is 371 g/mol. The second-order valence-electron chi connectivity index (χ2n) is 7.76. The number of ether oxygens (including phenoxy) is 1. The number of aromatic nitrogens is 1. The number of nitrogens with zero attached hydrogens (tertiary/aromatic N) is 2. The highest BCUT2D eigenvalue weighted by atomic mass is 16.5. The van der Waals surface area contributed by atoms with Crippen molar-refractivity contribution in [3.8, 4) is 17.1 Å². The molecule has 0 radical (unpaired) electrons. The van der Waals surface area contributed by atoms with Crippen LogP contribution in [0.3, 0.4) is 0 Å². The fourth-order valence-electron chi connectivity index (χ4n) is 3.80. The van der Waals surface area contributed by atoms with Crippen molar-refractivity contribution in [2.45, 2.75) is 33.2 Å². The van der Waals surface area contributed by atoms with Gasteiger partial charge in [-0.05, 0) is 49.4 Å². The molecule has 1 aliphatic rings. The van der Waals surface area contributed by atoms with E-state index in [2.05, 4.69) is 36.1 Å². The third-order valence-electron chi connectivity index (χ3n) is 5.20. The van der Waals surface area contributed by atoms with Crippen molar-refractivity contribution in [2.75, 3.05) is 26.7 Å². The van der Waals surface area contributed by atoms with Gasteiger partial charge in [-0.25, -0.2) is 0 Å². The summed E-state index contributed by atoms with van der Waals surface area (Å²) in [6.45, 7) is 9.54. The van der Waals surface area contributed by atoms with E-state index in [9.17, 15) is 4.79 Å². The summed E-state index contributed by atoms with van der Waals surface area (Å²) in [6.07, 6.45) is 1.28. The molecule has 1 fully saturated rings. The fraction of sp³-hybridized carbons (Fsp3) is 0.524. The van der Waals surface area contributed by atoms with Gasteiger partial charge in [0, 0.05) is 37.3 Å². The van der Waals surface area contributed by atoms with Crippen LogP contribution >= 0.6 is 0 Å². The quantitative estimate of drug-likeness (QED) is 0.842. The minimum atomic E-state index is -0.205. The number of methoxy groups -OCH3 is 1. The molecule has 2 heterocycles. The van der Waals surface area contributed by atoms with Gasteiger partial charge in [-0.1, -0.05) is 19.0 Å². The van der Waals surface area contributed by atoms with Gasteiger partial charge >= 0.3 is 0 Å². The zero-order chi connectivity index (χ0) is 19.4. The molecule has 0 saturated carbocycles. The van der Waals surface area contributed by atoms with Crippen molar-refractivity contribution >= 4 is 5.91 Å². The molecule has 1 aromatic carbocycles. The van der Waals surface area contributed by atoms with Gasteiger partial charge in [0.2, 0.25) is 0 Å². The van der Waals surface area contributed by atoms with E-state index in [1.54, 1.807) is 13.2 Å². The largest absolute Gasteiger partial charge is 0.497 e. The summed E-state index contributed by atoms with van der Waals surface area (Å²) in [6, 6.07) is 9.42. The topological polar surface area (TPSA) is 67.6 Å². The molecule has 0 aliphatic carbocycles. The van der Waals surface area contributed by atoms with Crippen LogP contribution in [0.5, 0.6) is 5.75 Å². The van der Waals surface area contributed by atoms with Gasteiger partial charge in [0.1, 0.15) is 5.75 Å². The molecule has 0 bridgehead atoms. The van der Waals surface area contributed by atoms with Gasteiger partial charge in [-0.15, -0.1) is 0 Å². The van der Waals surface area contributed by atoms with Crippen LogP contribution < -0.4 is 10.1 Å². The van der Waals surface area contributed by atoms with E-state index in [-0.39, 0.29) is 5.91 Å². The van der Waals surface area contributed by atoms with Crippen LogP contribution in [0, 0.1) is 11.8 Å². The lowest BCUT2D eigenvalue weighted by Gasteiger charge is -2.38. The molecule has 2 aromatic rings. The normalized spacial score (nSPS) is 21.6. The van der Waals surface area contributed by atoms with E-state index in [4.69, 9.17) is 9.26 Å². The number of hydrogen-bond acceptors (Lipinski definition) is 5. The van der Waals surface area contributed by atoms with Crippen LogP contribution in [0.1, 0.15) is 37.7 Å². The Bertz CT molecular complexity index is 746. The first-order chi connectivity index (χ1) is 13.0. The summed E-state index contributed by atoms with van der Waals surface area (Å²) >= 11 is 0. The Labute approximate surface area is 160 Å². The Morgan fingerprint density at radius 1 is 1.30 bits per heavy atom. The van der Waals surface area contributed by atoms with Gasteiger partial charge in [0.25, 0.3) is 5.91 Å². The number of piperidine rings is 1. The summed E-state index contributed by atoms with van der Waals surface area (Å²) in [5, 5.41) is 6.90. The lowest BCUT2D eigenvalue weighted by Crippen LogP contribution is -2.48. The number of benzene rings is 1. The van der Waals surface area contributed by atoms with E-state index < -0.39 is 0 Å². The molecule has 146 valence electrons. The summed E-state index contributed by atoms with van der Waals surface area (Å²) in [4.78, 5) is 14.9. The molecule has 27 heavy (non-hydrogen) atoms. The zero-order valence-electron chi connectivity index (χ0n) is 16.6. The van der Waals surface area contributed by atoms with Gasteiger partial charge in [0.15, 0.2) is 11.5 Å². The summed E-state index contributed by atoms with van der Waals surface area (Å²) in [7, 11) is 1.62. The van der Waals surface area contributed by atoms with Gasteiger partial charge in [-0.2, -0.15) is 0 Å². The third kappa shape index (κ3) is 4.89. The van der Waals surface area contributed by atoms with Crippen LogP contribution in [0.15, 0.2) is 34.9 Å². The number of amides is 1. The van der Waals surface area contributed by atoms with Crippen molar-refractivity contribution in [1.29, 1.82) is 0 Å². The van der Waals surface area contributed by atoms with Crippen LogP contribution in [0.25, 0.3) is 11.3 Å². The number of nitrogens with one attached hydrogen (secondary N) is 1. The molecule has 1 amide bonds. The molecular weight excluding hydrogens is 342 g/mol. The van der Waals surface area contributed by atoms with Crippen LogP contribution in [0.4, 0.5) is 0 Å². The number of hydrogen-bond donors (Lipinski definition) is 1. The molecule has 0 unspecified atom stereocenters. The second kappa shape index (κ2) is 8.57. The summed E-state index contributed by atoms with van der Waals surface area (Å²) in [5.41, 5.74) is 1.15. The van der Waals surface area contributed by atoms with Crippen LogP contribution in [-0.2, 0) is 0 Å². The molecule has 1 aliphatic heterocycles. The summed E-state index contributed by atoms with van der Waals surface area (Å²) in [5.74, 6) is 2.54. The standard InChI is InChI=1S/C21H29N3O3/c1-14-9-15(2)13-24(12-14)16(3)11-22-21(25)19-10-20(27-23-19)17-5-7-18(26-4)8-6-17/h5-8,10,14-16H,9,11-13H2,1-4H3,(H,22,25)/t14-,15-,16-/m0/s1. The maximum Gasteiger partial charge on any atom is 0.273 e. The van der Waals surface area contributed by atoms with E-state index >= 15 is 0 Å². The maximum atomic E-state index is 12.4. The Morgan fingerprint density at radius 3 is 2.59 bits per heavy atom. The smallest absolute Gasteiger partial charge is 0.273 e. The Balaban J connectivity index is 1.56. The zero-order valence-corrected chi connectivity index (χ0v) is 16.6. The lowest BCUT2D eigenvalue weighted by molar-refractivity contribution is 0.0862. The molecule has 0 spiro atoms. The average molecular weight is 371 g/mol. The fourth-order valence-corrected chi connectivity index (χ4v) is 3.80. The van der Waals surface area contributed by atoms with E-state index in [1.165, 1.54) is 6.42 Å². The molecule has 3 atom stereocenters. The number of carbonyl (C=O) groups excluding carboxylic acids is 1. The molecule has 6 heteroatoms. The molecule has 1 aromatic heterocycles. The first kappa shape index (κ1) is 19.4. The number of likely N-dealkylation sites (tertiary alicyclic amines) is 1. The van der Waals surface area contributed by atoms with E-state index in [0.29, 0.717) is 35.9 Å². The van der Waals surface area contributed by atoms with Crippen molar-refractivity contribution < 1.29 is 14.1 Å². The molecule has 1 saturated heterocycles. The first-order valence-corrected chi connectivity index (χ1v) is 9.59. The van der Waals surface area contributed by atoms with Crippen molar-refractivity contribution in [3.63, 3.8) is 0 Å². The van der Waals surface area contributed by atoms with Gasteiger partial charge in [-0.3, -0.25) is 9.69 Å². The van der Waals surface area contributed by atoms with Crippen molar-refractivity contribution in [2.24, 2.45) is 11.8 Å². The van der Waals surface area contributed by atoms with E-state index in [0.717, 1.165) is 24.4 Å².